The molecular formula is C64H94BFN29O12+3. The first-order chi connectivity index (χ1) is 51.6. The summed E-state index contributed by atoms with van der Waals surface area (Å²) in [5.74, 6) is 1.03. The molecule has 13 atom stereocenters. The second kappa shape index (κ2) is 24.6. The zero-order chi connectivity index (χ0) is 74.8. The molecule has 19 heterocycles. The van der Waals surface area contributed by atoms with Gasteiger partial charge in [0.05, 0.1) is 40.8 Å². The van der Waals surface area contributed by atoms with Crippen molar-refractivity contribution < 1.29 is 77.8 Å². The Morgan fingerprint density at radius 2 is 0.607 bits per heavy atom. The molecule has 23 rings (SSSR count). The number of unbranched alkanes of at least 4 members (excludes halogenated alkanes) is 3. The monoisotopic (exact) mass is 1490 g/mol. The van der Waals surface area contributed by atoms with Gasteiger partial charge < -0.3 is 31.7 Å². The molecule has 1 aromatic rings. The maximum Gasteiger partial charge on any atom is 0.350 e. The summed E-state index contributed by atoms with van der Waals surface area (Å²) in [6.45, 7) is -0.324. The molecule has 10 N–H and O–H groups in total. The van der Waals surface area contributed by atoms with E-state index in [0.717, 1.165) is 34.6 Å². The van der Waals surface area contributed by atoms with Crippen molar-refractivity contribution in [2.45, 2.75) is 176 Å². The van der Waals surface area contributed by atoms with Gasteiger partial charge in [-0.15, -0.1) is 0 Å². The average Bonchev–Trinajstić information content (AvgIpc) is 1.44. The lowest BCUT2D eigenvalue weighted by molar-refractivity contribution is -0.873. The van der Waals surface area contributed by atoms with Crippen LogP contribution in [0.25, 0.3) is 0 Å². The van der Waals surface area contributed by atoms with E-state index in [1.165, 1.54) is 208 Å². The number of carbonyl (C=O) groups is 12. The van der Waals surface area contributed by atoms with Gasteiger partial charge in [-0.2, -0.15) is 0 Å². The van der Waals surface area contributed by atoms with Gasteiger partial charge in [0.15, 0.2) is 67.3 Å². The van der Waals surface area contributed by atoms with Crippen molar-refractivity contribution >= 4 is 80.5 Å². The zero-order valence-corrected chi connectivity index (χ0v) is 60.4. The topological polar surface area (TPSA) is 390 Å². The van der Waals surface area contributed by atoms with Gasteiger partial charge in [-0.05, 0) is 49.7 Å². The van der Waals surface area contributed by atoms with Crippen LogP contribution in [-0.2, 0) is 13.1 Å². The largest absolute Gasteiger partial charge is 0.358 e. The minimum absolute atomic E-state index is 0.388. The number of urea groups is 12. The van der Waals surface area contributed by atoms with Crippen molar-refractivity contribution in [1.82, 2.24) is 118 Å². The Hall–Kier alpha value is -9.75. The Morgan fingerprint density at radius 3 is 0.897 bits per heavy atom. The average molecular weight is 1490 g/mol. The molecule has 3 aliphatic carbocycles. The molecule has 107 heavy (non-hydrogen) atoms. The van der Waals surface area contributed by atoms with Crippen LogP contribution in [0.5, 0.6) is 0 Å². The second-order valence-corrected chi connectivity index (χ2v) is 32.4. The van der Waals surface area contributed by atoms with Gasteiger partial charge in [0.2, 0.25) is 0 Å². The summed E-state index contributed by atoms with van der Waals surface area (Å²) in [7, 11) is 9.87. The SMILES string of the molecule is C1CCCC1.C[N+](C)(C)CC1CCCC1.NCc1ccc(CN)cc1.O=C1N2CN3C(=O)N4CN5C(=O)N6CN7C(=O)N8CN9C(=O)N%10CN%11C(=O)N%12CN1C1C2N2CN%13C(=O)N(CN%14C(=O)N(CN%15C(=O)N(C%16C8C%167%15)N7C(=O)N(CN8C(=O)N(CN1C2=O)C%12C%118)C%10C97)C6C5%14)C4C3%13.[B]F.[NH3+]CCCCCC[NH3+]. The first-order valence-electron chi connectivity index (χ1n) is 37.6. The van der Waals surface area contributed by atoms with E-state index in [9.17, 15) is 0 Å². The standard InChI is InChI=1S/C36H34N24O12.C9H20N.C8H12N2.C6H16N2.C5H10.BF/c61-24-38-2-41-16-17-46(26(41)63)6-49-20-21-55(31(49)68)10-57-33(70)37-1-54-23-22-52(30(54)67)8-48-19-18-44(28(48)65)4-40(24)15-14(38)39-3-42(16)27(64)47(17)7-50(20)32(69)56(21)11-58-35(72)59(13-12(37)36(13,57)58)60(23)34(71)53(22)9-51(19)29(66)45(18)5-43(15)25(39)62;1-10(2,3)8-9-6-4-5-7-9;9-5-7-1-2-8(6-10)4-3-7;7-5-3-1-2-4-6-8;1-2-4-5-3-1;1-2/h12-23H,1-11H2;9H,4-8H2,1-3H3;1-4H,5-6,9-10H2;1-8H2;1-5H2;/q;+1;;;;/p+2. The van der Waals surface area contributed by atoms with Crippen molar-refractivity contribution in [3.8, 4) is 0 Å². The summed E-state index contributed by atoms with van der Waals surface area (Å²) in [6, 6.07) is -2.01. The number of carbonyl (C=O) groups excluding carboxylic acids is 12. The second-order valence-electron chi connectivity index (χ2n) is 32.4. The molecule has 3 saturated carbocycles. The minimum Gasteiger partial charge on any atom is -0.358 e. The van der Waals surface area contributed by atoms with E-state index in [2.05, 4.69) is 40.7 Å². The number of hydrogen-bond donors (Lipinski definition) is 4. The summed E-state index contributed by atoms with van der Waals surface area (Å²) < 4.78 is 10.1. The Morgan fingerprint density at radius 1 is 0.346 bits per heavy atom. The molecule has 1 spiro atoms. The number of nitrogens with two attached hydrogens (primary N) is 2. The first-order valence-corrected chi connectivity index (χ1v) is 37.6. The van der Waals surface area contributed by atoms with E-state index in [4.69, 9.17) is 15.8 Å². The number of quaternary nitrogens is 3. The molecule has 19 aliphatic heterocycles. The highest BCUT2D eigenvalue weighted by Gasteiger charge is 2.92. The molecule has 12 bridgehead atoms. The van der Waals surface area contributed by atoms with Crippen molar-refractivity contribution in [2.75, 3.05) is 114 Å². The van der Waals surface area contributed by atoms with Gasteiger partial charge >= 0.3 is 80.5 Å². The predicted octanol–water partition coefficient (Wildman–Crippen LogP) is -2.40. The number of nitrogens with zero attached hydrogens (tertiary/aromatic N) is 25. The summed E-state index contributed by atoms with van der Waals surface area (Å²) in [5.41, 5.74) is 19.1. The fraction of sp³-hybridized carbons (Fsp3) is 0.719. The van der Waals surface area contributed by atoms with Crippen LogP contribution >= 0.6 is 0 Å². The fourth-order valence-corrected chi connectivity index (χ4v) is 21.2. The molecule has 22 aliphatic rings. The molecule has 19 saturated heterocycles. The molecule has 43 heteroatoms. The van der Waals surface area contributed by atoms with Crippen LogP contribution in [0, 0.1) is 5.92 Å². The Balaban J connectivity index is 0.000000192. The number of hydrazine groups is 1. The van der Waals surface area contributed by atoms with E-state index in [-0.39, 0.29) is 6.67 Å². The fourth-order valence-electron chi connectivity index (χ4n) is 21.2. The lowest BCUT2D eigenvalue weighted by Crippen LogP contribution is -2.65. The lowest BCUT2D eigenvalue weighted by Gasteiger charge is -2.43. The number of benzene rings is 1. The van der Waals surface area contributed by atoms with Gasteiger partial charge in [-0.25, -0.2) is 67.6 Å². The molecule has 13 unspecified atom stereocenters. The van der Waals surface area contributed by atoms with Gasteiger partial charge in [0, 0.05) is 19.0 Å². The highest BCUT2D eigenvalue weighted by molar-refractivity contribution is 5.98. The molecule has 24 amide bonds. The quantitative estimate of drug-likeness (QED) is 0.114. The lowest BCUT2D eigenvalue weighted by atomic mass is 10.1. The van der Waals surface area contributed by atoms with E-state index in [1.807, 2.05) is 24.3 Å². The zero-order valence-electron chi connectivity index (χ0n) is 60.4. The van der Waals surface area contributed by atoms with E-state index >= 15 is 57.5 Å². The first kappa shape index (κ1) is 69.0. The van der Waals surface area contributed by atoms with Gasteiger partial charge in [-0.1, -0.05) is 69.2 Å². The molecule has 0 aromatic heterocycles. The van der Waals surface area contributed by atoms with Gasteiger partial charge in [0.1, 0.15) is 85.4 Å². The van der Waals surface area contributed by atoms with Crippen LogP contribution in [0.1, 0.15) is 94.6 Å². The molecular weight excluding hydrogens is 1400 g/mol. The molecule has 22 fully saturated rings. The van der Waals surface area contributed by atoms with Crippen LogP contribution in [0.4, 0.5) is 61.9 Å². The number of amides is 24. The van der Waals surface area contributed by atoms with Crippen LogP contribution < -0.4 is 22.9 Å². The van der Waals surface area contributed by atoms with Crippen molar-refractivity contribution in [2.24, 2.45) is 17.4 Å². The summed E-state index contributed by atoms with van der Waals surface area (Å²) in [6.07, 6.45) is 6.83. The van der Waals surface area contributed by atoms with Crippen molar-refractivity contribution in [3.05, 3.63) is 35.4 Å². The van der Waals surface area contributed by atoms with Crippen molar-refractivity contribution in [1.29, 1.82) is 0 Å². The minimum atomic E-state index is -1.56. The smallest absolute Gasteiger partial charge is 0.350 e. The molecule has 2 radical (unpaired) electrons. The summed E-state index contributed by atoms with van der Waals surface area (Å²) in [5, 5.41) is 2.42. The van der Waals surface area contributed by atoms with Gasteiger partial charge in [0.25, 0.3) is 0 Å². The van der Waals surface area contributed by atoms with E-state index < -0.39 is 218 Å². The highest BCUT2D eigenvalue weighted by atomic mass is 19.1. The molecule has 41 nitrogen and oxygen atoms in total. The van der Waals surface area contributed by atoms with Gasteiger partial charge in [-0.3, -0.25) is 108 Å². The third-order valence-electron chi connectivity index (χ3n) is 25.8. The van der Waals surface area contributed by atoms with Crippen LogP contribution in [0.2, 0.25) is 0 Å². The molecule has 1 aromatic carbocycles. The predicted molar refractivity (Wildman–Crippen MR) is 362 cm³/mol. The third kappa shape index (κ3) is 9.24. The molecule has 574 valence electrons. The maximum absolute atomic E-state index is 15.5. The highest BCUT2D eigenvalue weighted by Crippen LogP contribution is 2.65. The van der Waals surface area contributed by atoms with E-state index in [1.54, 1.807) is 0 Å². The summed E-state index contributed by atoms with van der Waals surface area (Å²) in [4.78, 5) is 212. The van der Waals surface area contributed by atoms with Crippen molar-refractivity contribution in [3.63, 3.8) is 0 Å². The maximum atomic E-state index is 15.5. The number of halogens is 1. The number of hydrogen-bond acceptors (Lipinski definition) is 14. The summed E-state index contributed by atoms with van der Waals surface area (Å²) >= 11 is 0. The third-order valence-corrected chi connectivity index (χ3v) is 25.8. The normalized spacial score (nSPS) is 33.6. The van der Waals surface area contributed by atoms with Crippen LogP contribution in [0.3, 0.4) is 0 Å². The van der Waals surface area contributed by atoms with E-state index in [0.29, 0.717) is 13.1 Å². The number of rotatable bonds is 9. The Bertz CT molecular complexity index is 3920. The van der Waals surface area contributed by atoms with Crippen LogP contribution in [0.15, 0.2) is 24.3 Å². The Labute approximate surface area is 616 Å². The van der Waals surface area contributed by atoms with Crippen LogP contribution in [-0.4, -0.2) is 396 Å². The Kier molecular flexibility index (Phi) is 15.9.